The van der Waals surface area contributed by atoms with Crippen LogP contribution in [0.4, 0.5) is 5.69 Å². The number of halogens is 1. The van der Waals surface area contributed by atoms with Gasteiger partial charge >= 0.3 is 0 Å². The quantitative estimate of drug-likeness (QED) is 0.776. The van der Waals surface area contributed by atoms with Crippen LogP contribution in [0, 0.1) is 11.8 Å². The number of carbonyl (C=O) groups is 1. The van der Waals surface area contributed by atoms with Crippen LogP contribution in [-0.4, -0.2) is 26.1 Å². The minimum atomic E-state index is -0.0465. The fourth-order valence-corrected chi connectivity index (χ4v) is 2.03. The van der Waals surface area contributed by atoms with E-state index in [2.05, 4.69) is 10.6 Å². The van der Waals surface area contributed by atoms with Crippen LogP contribution in [0.3, 0.4) is 0 Å². The third-order valence-corrected chi connectivity index (χ3v) is 3.47. The average Bonchev–Trinajstić information content (AvgIpc) is 3.23. The highest BCUT2D eigenvalue weighted by atomic mass is 35.5. The summed E-state index contributed by atoms with van der Waals surface area (Å²) in [7, 11) is 1.85. The number of nitrogens with one attached hydrogen (secondary N) is 2. The highest BCUT2D eigenvalue weighted by Crippen LogP contribution is 2.29. The number of hydrogen-bond acceptors (Lipinski definition) is 3. The highest BCUT2D eigenvalue weighted by molar-refractivity contribution is 5.92. The molecule has 0 radical (unpaired) electrons. The molecule has 0 heterocycles. The van der Waals surface area contributed by atoms with Gasteiger partial charge in [0, 0.05) is 24.8 Å². The summed E-state index contributed by atoms with van der Waals surface area (Å²) >= 11 is 0. The monoisotopic (exact) mass is 312 g/mol. The first-order valence-electron chi connectivity index (χ1n) is 7.31. The third kappa shape index (κ3) is 6.46. The Morgan fingerprint density at radius 2 is 2.19 bits per heavy atom. The number of anilines is 1. The second kappa shape index (κ2) is 9.03. The van der Waals surface area contributed by atoms with E-state index in [9.17, 15) is 4.79 Å². The van der Waals surface area contributed by atoms with Crippen LogP contribution in [-0.2, 0) is 16.1 Å². The Bertz CT molecular complexity index is 450. The number of benzene rings is 1. The molecule has 118 valence electrons. The third-order valence-electron chi connectivity index (χ3n) is 3.47. The number of rotatable bonds is 8. The lowest BCUT2D eigenvalue weighted by Crippen LogP contribution is -2.28. The largest absolute Gasteiger partial charge is 0.376 e. The van der Waals surface area contributed by atoms with Crippen molar-refractivity contribution in [1.29, 1.82) is 0 Å². The topological polar surface area (TPSA) is 50.4 Å². The van der Waals surface area contributed by atoms with Gasteiger partial charge in [0.25, 0.3) is 0 Å². The van der Waals surface area contributed by atoms with Crippen LogP contribution in [0.15, 0.2) is 24.3 Å². The SMILES string of the molecule is CNCC(C)C(=O)Nc1cccc(COCC2CC2)c1.Cl. The fourth-order valence-electron chi connectivity index (χ4n) is 2.03. The Morgan fingerprint density at radius 3 is 2.86 bits per heavy atom. The van der Waals surface area contributed by atoms with E-state index >= 15 is 0 Å². The molecule has 0 saturated heterocycles. The van der Waals surface area contributed by atoms with Crippen LogP contribution >= 0.6 is 12.4 Å². The molecule has 1 aromatic rings. The molecule has 1 aliphatic rings. The van der Waals surface area contributed by atoms with Gasteiger partial charge in [-0.25, -0.2) is 0 Å². The van der Waals surface area contributed by atoms with E-state index in [4.69, 9.17) is 4.74 Å². The van der Waals surface area contributed by atoms with Crippen LogP contribution in [0.1, 0.15) is 25.3 Å². The maximum Gasteiger partial charge on any atom is 0.228 e. The van der Waals surface area contributed by atoms with Crippen molar-refractivity contribution in [3.8, 4) is 0 Å². The van der Waals surface area contributed by atoms with E-state index in [-0.39, 0.29) is 24.2 Å². The van der Waals surface area contributed by atoms with Crippen LogP contribution in [0.2, 0.25) is 0 Å². The molecule has 1 saturated carbocycles. The Labute approximate surface area is 133 Å². The van der Waals surface area contributed by atoms with Crippen LogP contribution in [0.25, 0.3) is 0 Å². The molecule has 2 N–H and O–H groups in total. The lowest BCUT2D eigenvalue weighted by molar-refractivity contribution is -0.119. The standard InChI is InChI=1S/C16H24N2O2.ClH/c1-12(9-17-2)16(19)18-15-5-3-4-14(8-15)11-20-10-13-6-7-13;/h3-5,8,12-13,17H,6-7,9-11H2,1-2H3,(H,18,19);1H. The van der Waals surface area contributed by atoms with Gasteiger partial charge in [-0.15, -0.1) is 12.4 Å². The summed E-state index contributed by atoms with van der Waals surface area (Å²) in [6.45, 7) is 4.06. The predicted octanol–water partition coefficient (Wildman–Crippen LogP) is 2.83. The summed E-state index contributed by atoms with van der Waals surface area (Å²) in [5.41, 5.74) is 1.94. The van der Waals surface area contributed by atoms with E-state index in [1.807, 2.05) is 38.2 Å². The van der Waals surface area contributed by atoms with E-state index < -0.39 is 0 Å². The minimum absolute atomic E-state index is 0. The lowest BCUT2D eigenvalue weighted by Gasteiger charge is -2.12. The van der Waals surface area contributed by atoms with Gasteiger partial charge in [0.15, 0.2) is 0 Å². The zero-order valence-electron chi connectivity index (χ0n) is 12.7. The zero-order chi connectivity index (χ0) is 14.4. The van der Waals surface area contributed by atoms with Gasteiger partial charge in [-0.2, -0.15) is 0 Å². The minimum Gasteiger partial charge on any atom is -0.376 e. The molecular formula is C16H25ClN2O2. The molecule has 1 aliphatic carbocycles. The van der Waals surface area contributed by atoms with Gasteiger partial charge in [0.1, 0.15) is 0 Å². The number of ether oxygens (including phenoxy) is 1. The first-order valence-corrected chi connectivity index (χ1v) is 7.31. The van der Waals surface area contributed by atoms with Gasteiger partial charge in [0.2, 0.25) is 5.91 Å². The zero-order valence-corrected chi connectivity index (χ0v) is 13.5. The lowest BCUT2D eigenvalue weighted by atomic mass is 10.1. The van der Waals surface area contributed by atoms with Crippen molar-refractivity contribution >= 4 is 24.0 Å². The molecule has 0 aliphatic heterocycles. The molecular weight excluding hydrogens is 288 g/mol. The predicted molar refractivity (Wildman–Crippen MR) is 87.8 cm³/mol. The van der Waals surface area contributed by atoms with Crippen molar-refractivity contribution in [2.45, 2.75) is 26.4 Å². The Kier molecular flexibility index (Phi) is 7.72. The second-order valence-electron chi connectivity index (χ2n) is 5.61. The van der Waals surface area contributed by atoms with Crippen molar-refractivity contribution < 1.29 is 9.53 Å². The number of hydrogen-bond donors (Lipinski definition) is 2. The summed E-state index contributed by atoms with van der Waals surface area (Å²) in [4.78, 5) is 11.9. The van der Waals surface area contributed by atoms with Crippen LogP contribution in [0.5, 0.6) is 0 Å². The molecule has 4 nitrogen and oxygen atoms in total. The molecule has 1 amide bonds. The fraction of sp³-hybridized carbons (Fsp3) is 0.562. The molecule has 0 bridgehead atoms. The maximum absolute atomic E-state index is 11.9. The van der Waals surface area contributed by atoms with Gasteiger partial charge in [-0.3, -0.25) is 4.79 Å². The summed E-state index contributed by atoms with van der Waals surface area (Å²) in [5.74, 6) is 0.769. The Balaban J connectivity index is 0.00000220. The van der Waals surface area contributed by atoms with Crippen molar-refractivity contribution in [3.63, 3.8) is 0 Å². The maximum atomic E-state index is 11.9. The van der Waals surface area contributed by atoms with Crippen molar-refractivity contribution in [2.24, 2.45) is 11.8 Å². The van der Waals surface area contributed by atoms with Crippen LogP contribution < -0.4 is 10.6 Å². The Morgan fingerprint density at radius 1 is 1.43 bits per heavy atom. The molecule has 1 atom stereocenters. The molecule has 0 spiro atoms. The first kappa shape index (κ1) is 18.0. The highest BCUT2D eigenvalue weighted by Gasteiger charge is 2.21. The van der Waals surface area contributed by atoms with Gasteiger partial charge < -0.3 is 15.4 Å². The Hall–Kier alpha value is -1.10. The summed E-state index contributed by atoms with van der Waals surface area (Å²) in [6.07, 6.45) is 2.61. The molecule has 2 rings (SSSR count). The molecule has 5 heteroatoms. The number of carbonyl (C=O) groups excluding carboxylic acids is 1. The second-order valence-corrected chi connectivity index (χ2v) is 5.61. The van der Waals surface area contributed by atoms with Crippen molar-refractivity contribution in [3.05, 3.63) is 29.8 Å². The summed E-state index contributed by atoms with van der Waals surface area (Å²) < 4.78 is 5.67. The van der Waals surface area contributed by atoms with E-state index in [1.165, 1.54) is 12.8 Å². The normalized spacial score (nSPS) is 15.1. The molecule has 21 heavy (non-hydrogen) atoms. The van der Waals surface area contributed by atoms with E-state index in [1.54, 1.807) is 0 Å². The summed E-state index contributed by atoms with van der Waals surface area (Å²) in [6, 6.07) is 7.87. The average molecular weight is 313 g/mol. The molecule has 1 aromatic carbocycles. The first-order chi connectivity index (χ1) is 9.69. The van der Waals surface area contributed by atoms with Gasteiger partial charge in [-0.1, -0.05) is 19.1 Å². The smallest absolute Gasteiger partial charge is 0.228 e. The van der Waals surface area contributed by atoms with Gasteiger partial charge in [0.05, 0.1) is 6.61 Å². The molecule has 0 aromatic heterocycles. The summed E-state index contributed by atoms with van der Waals surface area (Å²) in [5, 5.41) is 5.95. The molecule has 1 fully saturated rings. The van der Waals surface area contributed by atoms with Crippen molar-refractivity contribution in [1.82, 2.24) is 5.32 Å². The molecule has 1 unspecified atom stereocenters. The van der Waals surface area contributed by atoms with Crippen molar-refractivity contribution in [2.75, 3.05) is 25.5 Å². The van der Waals surface area contributed by atoms with Gasteiger partial charge in [-0.05, 0) is 43.5 Å². The number of amides is 1. The van der Waals surface area contributed by atoms with E-state index in [0.717, 1.165) is 23.8 Å². The van der Waals surface area contributed by atoms with E-state index in [0.29, 0.717) is 13.2 Å².